The second kappa shape index (κ2) is 21.2. The summed E-state index contributed by atoms with van der Waals surface area (Å²) in [6, 6.07) is 0. The SMILES string of the molecule is C[C@H]1O[C@@H](O[C@@H]2[C@@H](O[C@@H]3[C@@H](O[C@H]4CC[C@]5(C)[C@@H](CC[C@]6(C)[C@@H]5CC=C5[C@@H]7CC(C)(C)[C@H](O)[C@H](O)[C@]7(C)CC[C@]56C)[C@@]4(C)CO)O[C@@H](C(=O)O)[C@@H](O)[C@@H]3O)O[C@@H](CO)[C@@H](O)[C@H]2O[C@@H]2O[C@H](C)[C@H](O)[C@H](O)[C@@H]2O)[C@@H](O)[C@@H](O)[C@H]1O. The summed E-state index contributed by atoms with van der Waals surface area (Å²) < 4.78 is 49.1. The Morgan fingerprint density at radius 2 is 1.14 bits per heavy atom. The predicted octanol–water partition coefficient (Wildman–Crippen LogP) is -1.47. The second-order valence-electron chi connectivity index (χ2n) is 26.4. The summed E-state index contributed by atoms with van der Waals surface area (Å²) in [4.78, 5) is 12.7. The number of carboxylic acid groups (broad SMARTS) is 1. The number of carboxylic acids is 1. The van der Waals surface area contributed by atoms with Gasteiger partial charge in [0.05, 0.1) is 43.7 Å². The number of allylic oxidation sites excluding steroid dienone is 2. The minimum Gasteiger partial charge on any atom is -0.479 e. The fourth-order valence-electron chi connectivity index (χ4n) is 16.5. The van der Waals surface area contributed by atoms with Gasteiger partial charge in [-0.2, -0.15) is 0 Å². The van der Waals surface area contributed by atoms with Gasteiger partial charge in [0.1, 0.15) is 79.4 Å². The van der Waals surface area contributed by atoms with E-state index in [-0.39, 0.29) is 40.6 Å². The highest BCUT2D eigenvalue weighted by atomic mass is 16.8. The molecule has 9 aliphatic rings. The summed E-state index contributed by atoms with van der Waals surface area (Å²) in [5, 5.41) is 155. The Morgan fingerprint density at radius 1 is 0.571 bits per heavy atom. The van der Waals surface area contributed by atoms with Crippen molar-refractivity contribution >= 4 is 5.97 Å². The first-order chi connectivity index (χ1) is 35.9. The minimum atomic E-state index is -2.17. The number of fused-ring (bicyclic) bond motifs is 7. The molecule has 4 saturated carbocycles. The molecule has 0 aromatic heterocycles. The second-order valence-corrected chi connectivity index (χ2v) is 26.4. The van der Waals surface area contributed by atoms with Gasteiger partial charge in [-0.25, -0.2) is 4.79 Å². The van der Waals surface area contributed by atoms with Crippen molar-refractivity contribution in [1.29, 1.82) is 0 Å². The van der Waals surface area contributed by atoms with Gasteiger partial charge in [0, 0.05) is 10.8 Å². The van der Waals surface area contributed by atoms with E-state index in [1.807, 2.05) is 20.8 Å². The van der Waals surface area contributed by atoms with Crippen LogP contribution in [-0.4, -0.2) is 232 Å². The van der Waals surface area contributed by atoms with E-state index in [9.17, 15) is 76.3 Å². The number of hydrogen-bond acceptors (Lipinski definition) is 22. The van der Waals surface area contributed by atoms with Crippen LogP contribution in [0.25, 0.3) is 0 Å². The van der Waals surface area contributed by atoms with Gasteiger partial charge in [-0.1, -0.05) is 60.1 Å². The fourth-order valence-corrected chi connectivity index (χ4v) is 16.5. The molecular weight excluding hydrogens is 1020 g/mol. The number of ether oxygens (including phenoxy) is 8. The van der Waals surface area contributed by atoms with Crippen LogP contribution in [0.2, 0.25) is 0 Å². The lowest BCUT2D eigenvalue weighted by Gasteiger charge is -2.72. The average Bonchev–Trinajstić information content (AvgIpc) is 3.58. The van der Waals surface area contributed by atoms with Crippen molar-refractivity contribution < 1.29 is 114 Å². The first-order valence-electron chi connectivity index (χ1n) is 27.7. The summed E-state index contributed by atoms with van der Waals surface area (Å²) in [6.45, 7) is 16.6. The highest BCUT2D eigenvalue weighted by Gasteiger charge is 2.71. The normalized spacial score (nSPS) is 56.7. The molecule has 8 fully saturated rings. The van der Waals surface area contributed by atoms with Gasteiger partial charge in [-0.15, -0.1) is 0 Å². The molecular formula is C54H88O23. The van der Waals surface area contributed by atoms with Gasteiger partial charge in [0.2, 0.25) is 0 Å². The molecule has 4 aliphatic heterocycles. The summed E-state index contributed by atoms with van der Waals surface area (Å²) >= 11 is 0. The van der Waals surface area contributed by atoms with Crippen molar-refractivity contribution in [3.8, 4) is 0 Å². The van der Waals surface area contributed by atoms with Crippen LogP contribution in [0.15, 0.2) is 11.6 Å². The Morgan fingerprint density at radius 3 is 1.71 bits per heavy atom. The number of aliphatic hydroxyl groups is 13. The average molecular weight is 1110 g/mol. The number of aliphatic hydroxyl groups excluding tert-OH is 13. The third kappa shape index (κ3) is 9.42. The molecule has 23 nitrogen and oxygen atoms in total. The maximum atomic E-state index is 12.7. The van der Waals surface area contributed by atoms with Crippen LogP contribution in [0.4, 0.5) is 0 Å². The van der Waals surface area contributed by atoms with E-state index in [0.29, 0.717) is 19.3 Å². The summed E-state index contributed by atoms with van der Waals surface area (Å²) in [6.07, 6.45) is -30.9. The minimum absolute atomic E-state index is 0.0715. The van der Waals surface area contributed by atoms with E-state index >= 15 is 0 Å². The lowest BCUT2D eigenvalue weighted by Crippen LogP contribution is -2.69. The molecule has 4 saturated heterocycles. The van der Waals surface area contributed by atoms with Gasteiger partial charge >= 0.3 is 5.97 Å². The molecule has 0 unspecified atom stereocenters. The van der Waals surface area contributed by atoms with E-state index in [1.54, 1.807) is 0 Å². The first kappa shape index (κ1) is 60.0. The number of carbonyl (C=O) groups is 1. The molecule has 4 heterocycles. The monoisotopic (exact) mass is 1100 g/mol. The predicted molar refractivity (Wildman–Crippen MR) is 263 cm³/mol. The van der Waals surface area contributed by atoms with Crippen molar-refractivity contribution in [2.24, 2.45) is 50.2 Å². The maximum Gasteiger partial charge on any atom is 0.335 e. The molecule has 5 aliphatic carbocycles. The molecule has 77 heavy (non-hydrogen) atoms. The Balaban J connectivity index is 1.03. The topological polar surface area (TPSA) is 374 Å². The van der Waals surface area contributed by atoms with Crippen molar-refractivity contribution in [3.63, 3.8) is 0 Å². The fraction of sp³-hybridized carbons (Fsp3) is 0.944. The summed E-state index contributed by atoms with van der Waals surface area (Å²) in [7, 11) is 0. The van der Waals surface area contributed by atoms with E-state index in [1.165, 1.54) is 19.4 Å². The molecule has 0 aromatic rings. The van der Waals surface area contributed by atoms with Gasteiger partial charge in [0.25, 0.3) is 0 Å². The maximum absolute atomic E-state index is 12.7. The molecule has 31 atom stereocenters. The third-order valence-corrected chi connectivity index (χ3v) is 21.8. The molecule has 0 radical (unpaired) electrons. The number of rotatable bonds is 11. The van der Waals surface area contributed by atoms with Crippen molar-refractivity contribution in [2.45, 2.75) is 255 Å². The third-order valence-electron chi connectivity index (χ3n) is 21.8. The molecule has 23 heteroatoms. The van der Waals surface area contributed by atoms with Crippen LogP contribution in [0.1, 0.15) is 114 Å². The van der Waals surface area contributed by atoms with Gasteiger partial charge < -0.3 is 109 Å². The van der Waals surface area contributed by atoms with Crippen LogP contribution in [0, 0.1) is 50.2 Å². The van der Waals surface area contributed by atoms with Gasteiger partial charge in [0.15, 0.2) is 31.3 Å². The Bertz CT molecular complexity index is 2150. The lowest BCUT2D eigenvalue weighted by molar-refractivity contribution is -0.410. The summed E-state index contributed by atoms with van der Waals surface area (Å²) in [5.74, 6) is -1.62. The Kier molecular flexibility index (Phi) is 16.5. The smallest absolute Gasteiger partial charge is 0.335 e. The van der Waals surface area contributed by atoms with Gasteiger partial charge in [-0.05, 0) is 105 Å². The lowest BCUT2D eigenvalue weighted by atomic mass is 9.33. The van der Waals surface area contributed by atoms with Crippen LogP contribution in [0.5, 0.6) is 0 Å². The van der Waals surface area contributed by atoms with Crippen LogP contribution < -0.4 is 0 Å². The zero-order valence-corrected chi connectivity index (χ0v) is 45.6. The Labute approximate surface area is 449 Å². The molecule has 0 amide bonds. The molecule has 0 bridgehead atoms. The van der Waals surface area contributed by atoms with E-state index < -0.39 is 170 Å². The largest absolute Gasteiger partial charge is 0.479 e. The highest BCUT2D eigenvalue weighted by Crippen LogP contribution is 2.76. The zero-order valence-electron chi connectivity index (χ0n) is 45.6. The number of aliphatic carboxylic acids is 1. The van der Waals surface area contributed by atoms with Crippen molar-refractivity contribution in [1.82, 2.24) is 0 Å². The highest BCUT2D eigenvalue weighted by molar-refractivity contribution is 5.73. The first-order valence-corrected chi connectivity index (χ1v) is 27.7. The van der Waals surface area contributed by atoms with Crippen molar-refractivity contribution in [3.05, 3.63) is 11.6 Å². The summed E-state index contributed by atoms with van der Waals surface area (Å²) in [5.41, 5.74) is -1.46. The van der Waals surface area contributed by atoms with Crippen LogP contribution in [0.3, 0.4) is 0 Å². The molecule has 442 valence electrons. The van der Waals surface area contributed by atoms with E-state index in [0.717, 1.165) is 32.1 Å². The molecule has 14 N–H and O–H groups in total. The van der Waals surface area contributed by atoms with Crippen LogP contribution in [-0.2, 0) is 42.7 Å². The number of hydrogen-bond donors (Lipinski definition) is 14. The van der Waals surface area contributed by atoms with Gasteiger partial charge in [-0.3, -0.25) is 0 Å². The standard InChI is InChI=1S/C54H88O23/c1-21-29(57)32(60)36(64)45(70-21)74-38-31(59)25(19-55)72-48(41(38)77-46-37(65)33(61)30(58)22(2)71-46)76-40-35(63)34(62)39(44(68)69)75-47(40)73-28-13-14-51(6)26(52(28,7)20-56)12-15-54(9)27(51)11-10-23-24-18-49(3,4)42(66)43(67)50(24,5)16-17-53(23,54)8/h10,21-22,24-43,45-48,55-67H,11-20H2,1-9H3,(H,68,69)/t21-,22-,24+,25+,26-,27-,28+,29+,30+,31-,32+,33+,34+,35+,36+,37+,38-,39-,40+,41+,42-,43+,45+,46+,47+,48-,50-,51-,52-,53-,54-/m1/s1. The molecule has 0 aromatic carbocycles. The van der Waals surface area contributed by atoms with Crippen molar-refractivity contribution in [2.75, 3.05) is 13.2 Å². The van der Waals surface area contributed by atoms with E-state index in [4.69, 9.17) is 37.9 Å². The van der Waals surface area contributed by atoms with Crippen LogP contribution >= 0.6 is 0 Å². The Hall–Kier alpha value is -1.63. The van der Waals surface area contributed by atoms with E-state index in [2.05, 4.69) is 33.8 Å². The zero-order chi connectivity index (χ0) is 56.6. The molecule has 0 spiro atoms. The molecule has 9 rings (SSSR count). The quantitative estimate of drug-likeness (QED) is 0.0829.